The van der Waals surface area contributed by atoms with E-state index in [1.807, 2.05) is 0 Å². The van der Waals surface area contributed by atoms with Crippen LogP contribution in [0.4, 0.5) is 4.39 Å². The van der Waals surface area contributed by atoms with Gasteiger partial charge in [-0.15, -0.1) is 0 Å². The number of piperidine rings is 1. The van der Waals surface area contributed by atoms with Gasteiger partial charge in [0, 0.05) is 44.1 Å². The Morgan fingerprint density at radius 2 is 2.00 bits per heavy atom. The molecule has 0 unspecified atom stereocenters. The van der Waals surface area contributed by atoms with Crippen molar-refractivity contribution in [3.63, 3.8) is 0 Å². The summed E-state index contributed by atoms with van der Waals surface area (Å²) in [6, 6.07) is 6.49. The number of rotatable bonds is 5. The average Bonchev–Trinajstić information content (AvgIpc) is 2.61. The van der Waals surface area contributed by atoms with Gasteiger partial charge in [0.15, 0.2) is 0 Å². The number of benzene rings is 1. The maximum absolute atomic E-state index is 13.2. The number of methoxy groups -OCH3 is 1. The van der Waals surface area contributed by atoms with Crippen molar-refractivity contribution in [1.82, 2.24) is 14.9 Å². The molecule has 5 heteroatoms. The van der Waals surface area contributed by atoms with Gasteiger partial charge in [-0.3, -0.25) is 9.97 Å². The van der Waals surface area contributed by atoms with Crippen LogP contribution in [0.25, 0.3) is 11.3 Å². The lowest BCUT2D eigenvalue weighted by molar-refractivity contribution is 0.127. The normalized spacial score (nSPS) is 19.0. The average molecular weight is 315 g/mol. The van der Waals surface area contributed by atoms with E-state index in [2.05, 4.69) is 14.9 Å². The van der Waals surface area contributed by atoms with Gasteiger partial charge in [0.25, 0.3) is 0 Å². The lowest BCUT2D eigenvalue weighted by Gasteiger charge is -2.32. The maximum atomic E-state index is 13.2. The largest absolute Gasteiger partial charge is 0.383 e. The molecule has 4 nitrogen and oxygen atoms in total. The number of hydrogen-bond acceptors (Lipinski definition) is 4. The van der Waals surface area contributed by atoms with Crippen LogP contribution in [0.5, 0.6) is 0 Å². The molecule has 2 heterocycles. The van der Waals surface area contributed by atoms with Crippen molar-refractivity contribution in [2.24, 2.45) is 0 Å². The summed E-state index contributed by atoms with van der Waals surface area (Å²) >= 11 is 0. The molecule has 1 aliphatic heterocycles. The molecule has 0 spiro atoms. The standard InChI is InChI=1S/C18H22FN3O/c1-23-12-11-22-10-2-3-15(13-22)18-17(20-8-9-21-18)14-4-6-16(19)7-5-14/h4-9,15H,2-3,10-13H2,1H3/t15-/m1/s1. The molecular weight excluding hydrogens is 293 g/mol. The highest BCUT2D eigenvalue weighted by Crippen LogP contribution is 2.31. The topological polar surface area (TPSA) is 38.2 Å². The third-order valence-electron chi connectivity index (χ3n) is 4.35. The summed E-state index contributed by atoms with van der Waals surface area (Å²) in [7, 11) is 1.73. The molecular formula is C18H22FN3O. The van der Waals surface area contributed by atoms with Crippen molar-refractivity contribution in [3.05, 3.63) is 48.2 Å². The minimum atomic E-state index is -0.234. The van der Waals surface area contributed by atoms with E-state index >= 15 is 0 Å². The Hall–Kier alpha value is -1.85. The highest BCUT2D eigenvalue weighted by Gasteiger charge is 2.25. The molecule has 3 rings (SSSR count). The van der Waals surface area contributed by atoms with Gasteiger partial charge in [0.2, 0.25) is 0 Å². The highest BCUT2D eigenvalue weighted by molar-refractivity contribution is 5.62. The van der Waals surface area contributed by atoms with Crippen molar-refractivity contribution >= 4 is 0 Å². The zero-order valence-electron chi connectivity index (χ0n) is 13.4. The van der Waals surface area contributed by atoms with Gasteiger partial charge < -0.3 is 9.64 Å². The Labute approximate surface area is 136 Å². The number of halogens is 1. The smallest absolute Gasteiger partial charge is 0.123 e. The van der Waals surface area contributed by atoms with E-state index in [1.54, 1.807) is 31.6 Å². The third kappa shape index (κ3) is 3.92. The fourth-order valence-electron chi connectivity index (χ4n) is 3.18. The monoisotopic (exact) mass is 315 g/mol. The molecule has 0 saturated carbocycles. The second kappa shape index (κ2) is 7.62. The summed E-state index contributed by atoms with van der Waals surface area (Å²) in [6.45, 7) is 3.76. The molecule has 1 aromatic carbocycles. The van der Waals surface area contributed by atoms with Crippen LogP contribution in [-0.2, 0) is 4.74 Å². The second-order valence-corrected chi connectivity index (χ2v) is 5.93. The van der Waals surface area contributed by atoms with Crippen molar-refractivity contribution in [2.45, 2.75) is 18.8 Å². The van der Waals surface area contributed by atoms with Gasteiger partial charge in [-0.25, -0.2) is 4.39 Å². The predicted octanol–water partition coefficient (Wildman–Crippen LogP) is 3.11. The number of nitrogens with zero attached hydrogens (tertiary/aromatic N) is 3. The van der Waals surface area contributed by atoms with Crippen LogP contribution >= 0.6 is 0 Å². The van der Waals surface area contributed by atoms with Gasteiger partial charge >= 0.3 is 0 Å². The van der Waals surface area contributed by atoms with Crippen molar-refractivity contribution in [1.29, 1.82) is 0 Å². The Morgan fingerprint density at radius 1 is 1.22 bits per heavy atom. The van der Waals surface area contributed by atoms with Gasteiger partial charge in [-0.2, -0.15) is 0 Å². The third-order valence-corrected chi connectivity index (χ3v) is 4.35. The van der Waals surface area contributed by atoms with Crippen LogP contribution < -0.4 is 0 Å². The van der Waals surface area contributed by atoms with E-state index in [-0.39, 0.29) is 5.82 Å². The molecule has 1 atom stereocenters. The van der Waals surface area contributed by atoms with E-state index in [1.165, 1.54) is 12.1 Å². The van der Waals surface area contributed by atoms with Crippen LogP contribution in [0.15, 0.2) is 36.7 Å². The fourth-order valence-corrected chi connectivity index (χ4v) is 3.18. The molecule has 1 aliphatic rings. The van der Waals surface area contributed by atoms with E-state index in [0.29, 0.717) is 5.92 Å². The summed E-state index contributed by atoms with van der Waals surface area (Å²) < 4.78 is 18.4. The first-order valence-electron chi connectivity index (χ1n) is 8.06. The number of hydrogen-bond donors (Lipinski definition) is 0. The Balaban J connectivity index is 1.83. The van der Waals surface area contributed by atoms with Gasteiger partial charge in [-0.05, 0) is 43.7 Å². The van der Waals surface area contributed by atoms with Crippen LogP contribution in [0.1, 0.15) is 24.5 Å². The first-order valence-corrected chi connectivity index (χ1v) is 8.06. The molecule has 1 aromatic heterocycles. The van der Waals surface area contributed by atoms with Crippen molar-refractivity contribution in [2.75, 3.05) is 33.4 Å². The van der Waals surface area contributed by atoms with E-state index in [0.717, 1.165) is 56.0 Å². The zero-order valence-corrected chi connectivity index (χ0v) is 13.4. The molecule has 2 aromatic rings. The zero-order chi connectivity index (χ0) is 16.1. The second-order valence-electron chi connectivity index (χ2n) is 5.93. The van der Waals surface area contributed by atoms with Crippen LogP contribution in [0.3, 0.4) is 0 Å². The van der Waals surface area contributed by atoms with E-state index in [9.17, 15) is 4.39 Å². The number of aromatic nitrogens is 2. The summed E-state index contributed by atoms with van der Waals surface area (Å²) in [6.07, 6.45) is 5.70. The highest BCUT2D eigenvalue weighted by atomic mass is 19.1. The molecule has 0 N–H and O–H groups in total. The SMILES string of the molecule is COCCN1CCC[C@@H](c2nccnc2-c2ccc(F)cc2)C1. The van der Waals surface area contributed by atoms with Crippen LogP contribution in [-0.4, -0.2) is 48.2 Å². The predicted molar refractivity (Wildman–Crippen MR) is 87.7 cm³/mol. The van der Waals surface area contributed by atoms with Crippen molar-refractivity contribution < 1.29 is 9.13 Å². The number of likely N-dealkylation sites (tertiary alicyclic amines) is 1. The number of ether oxygens (including phenoxy) is 1. The fraction of sp³-hybridized carbons (Fsp3) is 0.444. The van der Waals surface area contributed by atoms with Gasteiger partial charge in [0.1, 0.15) is 5.82 Å². The molecule has 0 amide bonds. The molecule has 23 heavy (non-hydrogen) atoms. The molecule has 1 fully saturated rings. The Morgan fingerprint density at radius 3 is 2.78 bits per heavy atom. The van der Waals surface area contributed by atoms with Crippen LogP contribution in [0, 0.1) is 5.82 Å². The molecule has 122 valence electrons. The summed E-state index contributed by atoms with van der Waals surface area (Å²) in [4.78, 5) is 11.5. The lowest BCUT2D eigenvalue weighted by atomic mass is 9.91. The Kier molecular flexibility index (Phi) is 5.31. The van der Waals surface area contributed by atoms with Crippen molar-refractivity contribution in [3.8, 4) is 11.3 Å². The first kappa shape index (κ1) is 16.0. The first-order chi connectivity index (χ1) is 11.3. The maximum Gasteiger partial charge on any atom is 0.123 e. The summed E-state index contributed by atoms with van der Waals surface area (Å²) in [5.41, 5.74) is 2.80. The summed E-state index contributed by atoms with van der Waals surface area (Å²) in [5, 5.41) is 0. The quantitative estimate of drug-likeness (QED) is 0.850. The van der Waals surface area contributed by atoms with Gasteiger partial charge in [0.05, 0.1) is 18.0 Å². The Bertz CT molecular complexity index is 632. The molecule has 0 bridgehead atoms. The van der Waals surface area contributed by atoms with E-state index in [4.69, 9.17) is 4.74 Å². The van der Waals surface area contributed by atoms with Gasteiger partial charge in [-0.1, -0.05) is 0 Å². The lowest BCUT2D eigenvalue weighted by Crippen LogP contribution is -2.37. The van der Waals surface area contributed by atoms with E-state index < -0.39 is 0 Å². The minimum Gasteiger partial charge on any atom is -0.383 e. The molecule has 0 aliphatic carbocycles. The summed E-state index contributed by atoms with van der Waals surface area (Å²) in [5.74, 6) is 0.122. The minimum absolute atomic E-state index is 0.234. The molecule has 1 saturated heterocycles. The molecule has 0 radical (unpaired) electrons. The van der Waals surface area contributed by atoms with Crippen LogP contribution in [0.2, 0.25) is 0 Å².